The number of rotatable bonds is 4. The summed E-state index contributed by atoms with van der Waals surface area (Å²) >= 11 is 5.88. The molecule has 0 aliphatic carbocycles. The fourth-order valence-electron chi connectivity index (χ4n) is 3.21. The molecule has 1 fully saturated rings. The Kier molecular flexibility index (Phi) is 5.86. The third-order valence-corrected chi connectivity index (χ3v) is 4.92. The van der Waals surface area contributed by atoms with Crippen LogP contribution in [0.5, 0.6) is 5.75 Å². The van der Waals surface area contributed by atoms with Crippen LogP contribution >= 0.6 is 11.6 Å². The number of carbonyl (C=O) groups is 2. The maximum Gasteiger partial charge on any atom is 0.253 e. The van der Waals surface area contributed by atoms with Gasteiger partial charge in [0.1, 0.15) is 5.75 Å². The van der Waals surface area contributed by atoms with Crippen molar-refractivity contribution in [2.45, 2.75) is 12.8 Å². The van der Waals surface area contributed by atoms with Crippen LogP contribution in [0, 0.1) is 5.92 Å². The highest BCUT2D eigenvalue weighted by Crippen LogP contribution is 2.26. The van der Waals surface area contributed by atoms with Crippen molar-refractivity contribution in [1.82, 2.24) is 4.90 Å². The van der Waals surface area contributed by atoms with Crippen molar-refractivity contribution < 1.29 is 14.3 Å². The van der Waals surface area contributed by atoms with Crippen molar-refractivity contribution in [2.75, 3.05) is 31.2 Å². The Labute approximate surface area is 163 Å². The van der Waals surface area contributed by atoms with Gasteiger partial charge in [-0.2, -0.15) is 0 Å². The van der Waals surface area contributed by atoms with E-state index in [0.717, 1.165) is 12.8 Å². The minimum absolute atomic E-state index is 0.0853. The van der Waals surface area contributed by atoms with Gasteiger partial charge in [-0.05, 0) is 55.3 Å². The topological polar surface area (TPSA) is 84.7 Å². The second-order valence-electron chi connectivity index (χ2n) is 6.54. The Morgan fingerprint density at radius 2 is 1.96 bits per heavy atom. The summed E-state index contributed by atoms with van der Waals surface area (Å²) in [6.07, 6.45) is 1.52. The number of nitrogens with one attached hydrogen (secondary N) is 1. The summed E-state index contributed by atoms with van der Waals surface area (Å²) in [7, 11) is 1.54. The molecule has 2 aromatic carbocycles. The van der Waals surface area contributed by atoms with Crippen molar-refractivity contribution in [2.24, 2.45) is 5.92 Å². The van der Waals surface area contributed by atoms with Gasteiger partial charge in [-0.15, -0.1) is 0 Å². The number of anilines is 2. The third-order valence-electron chi connectivity index (χ3n) is 4.67. The number of hydrogen-bond donors (Lipinski definition) is 2. The molecule has 0 radical (unpaired) electrons. The largest absolute Gasteiger partial charge is 0.495 e. The number of benzene rings is 2. The van der Waals surface area contributed by atoms with Crippen molar-refractivity contribution in [1.29, 1.82) is 0 Å². The smallest absolute Gasteiger partial charge is 0.253 e. The summed E-state index contributed by atoms with van der Waals surface area (Å²) in [4.78, 5) is 27.0. The third kappa shape index (κ3) is 4.52. The van der Waals surface area contributed by atoms with E-state index in [1.54, 1.807) is 47.4 Å². The number of likely N-dealkylation sites (tertiary alicyclic amines) is 1. The van der Waals surface area contributed by atoms with Crippen LogP contribution in [0.15, 0.2) is 42.5 Å². The molecule has 1 aliphatic rings. The number of carbonyl (C=O) groups excluding carboxylic acids is 2. The lowest BCUT2D eigenvalue weighted by molar-refractivity contribution is -0.121. The number of piperidine rings is 1. The second kappa shape index (κ2) is 8.31. The molecule has 142 valence electrons. The van der Waals surface area contributed by atoms with Crippen LogP contribution in [0.4, 0.5) is 11.4 Å². The first-order valence-electron chi connectivity index (χ1n) is 8.77. The first kappa shape index (κ1) is 19.0. The number of ether oxygens (including phenoxy) is 1. The van der Waals surface area contributed by atoms with Gasteiger partial charge in [-0.1, -0.05) is 11.6 Å². The van der Waals surface area contributed by atoms with E-state index in [1.807, 2.05) is 0 Å². The number of halogens is 1. The quantitative estimate of drug-likeness (QED) is 0.787. The van der Waals surface area contributed by atoms with Crippen LogP contribution in [0.2, 0.25) is 5.02 Å². The molecule has 2 amide bonds. The highest BCUT2D eigenvalue weighted by atomic mass is 35.5. The molecule has 3 rings (SSSR count). The number of hydrogen-bond acceptors (Lipinski definition) is 4. The van der Waals surface area contributed by atoms with Crippen LogP contribution < -0.4 is 15.8 Å². The van der Waals surface area contributed by atoms with E-state index in [0.29, 0.717) is 40.8 Å². The van der Waals surface area contributed by atoms with Crippen LogP contribution in [0.25, 0.3) is 0 Å². The molecule has 1 unspecified atom stereocenters. The zero-order valence-corrected chi connectivity index (χ0v) is 15.8. The van der Waals surface area contributed by atoms with Gasteiger partial charge < -0.3 is 20.7 Å². The molecular weight excluding hydrogens is 366 g/mol. The lowest BCUT2D eigenvalue weighted by atomic mass is 9.96. The van der Waals surface area contributed by atoms with E-state index in [-0.39, 0.29) is 17.7 Å². The Balaban J connectivity index is 1.64. The standard InChI is InChI=1S/C20H22ClN3O3/c1-27-18-9-8-16(11-17(18)22)23-19(25)14-3-2-10-24(12-14)20(26)13-4-6-15(21)7-5-13/h4-9,11,14H,2-3,10,12,22H2,1H3,(H,23,25). The van der Waals surface area contributed by atoms with Gasteiger partial charge >= 0.3 is 0 Å². The first-order valence-corrected chi connectivity index (χ1v) is 9.15. The zero-order valence-electron chi connectivity index (χ0n) is 15.1. The normalized spacial score (nSPS) is 16.7. The average molecular weight is 388 g/mol. The zero-order chi connectivity index (χ0) is 19.4. The summed E-state index contributed by atoms with van der Waals surface area (Å²) in [5.74, 6) is 0.0924. The maximum absolute atomic E-state index is 12.7. The van der Waals surface area contributed by atoms with E-state index >= 15 is 0 Å². The molecular formula is C20H22ClN3O3. The Morgan fingerprint density at radius 1 is 1.22 bits per heavy atom. The molecule has 27 heavy (non-hydrogen) atoms. The molecule has 1 saturated heterocycles. The summed E-state index contributed by atoms with van der Waals surface area (Å²) in [5.41, 5.74) is 7.52. The minimum atomic E-state index is -0.265. The predicted molar refractivity (Wildman–Crippen MR) is 106 cm³/mol. The molecule has 0 spiro atoms. The number of amides is 2. The molecule has 1 heterocycles. The number of nitrogen functional groups attached to an aromatic ring is 1. The van der Waals surface area contributed by atoms with Gasteiger partial charge in [0.25, 0.3) is 5.91 Å². The lowest BCUT2D eigenvalue weighted by Gasteiger charge is -2.32. The molecule has 6 nitrogen and oxygen atoms in total. The second-order valence-corrected chi connectivity index (χ2v) is 6.98. The summed E-state index contributed by atoms with van der Waals surface area (Å²) in [5, 5.41) is 3.47. The Morgan fingerprint density at radius 3 is 2.63 bits per heavy atom. The van der Waals surface area contributed by atoms with Crippen LogP contribution in [-0.2, 0) is 4.79 Å². The summed E-state index contributed by atoms with van der Waals surface area (Å²) < 4.78 is 5.12. The molecule has 0 bridgehead atoms. The first-order chi connectivity index (χ1) is 13.0. The van der Waals surface area contributed by atoms with Crippen LogP contribution in [0.1, 0.15) is 23.2 Å². The van der Waals surface area contributed by atoms with Gasteiger partial charge in [0.15, 0.2) is 0 Å². The van der Waals surface area contributed by atoms with E-state index in [9.17, 15) is 9.59 Å². The van der Waals surface area contributed by atoms with Gasteiger partial charge in [0.05, 0.1) is 18.7 Å². The highest BCUT2D eigenvalue weighted by Gasteiger charge is 2.29. The highest BCUT2D eigenvalue weighted by molar-refractivity contribution is 6.30. The van der Waals surface area contributed by atoms with E-state index in [4.69, 9.17) is 22.1 Å². The molecule has 3 N–H and O–H groups in total. The molecule has 2 aromatic rings. The molecule has 0 saturated carbocycles. The summed E-state index contributed by atoms with van der Waals surface area (Å²) in [6.45, 7) is 1.03. The monoisotopic (exact) mass is 387 g/mol. The number of nitrogens with zero attached hydrogens (tertiary/aromatic N) is 1. The van der Waals surface area contributed by atoms with Crippen LogP contribution in [0.3, 0.4) is 0 Å². The average Bonchev–Trinajstić information content (AvgIpc) is 2.68. The maximum atomic E-state index is 12.7. The summed E-state index contributed by atoms with van der Waals surface area (Å²) in [6, 6.07) is 11.9. The Hall–Kier alpha value is -2.73. The van der Waals surface area contributed by atoms with Gasteiger partial charge in [-0.25, -0.2) is 0 Å². The van der Waals surface area contributed by atoms with E-state index < -0.39 is 0 Å². The minimum Gasteiger partial charge on any atom is -0.495 e. The van der Waals surface area contributed by atoms with Gasteiger partial charge in [0, 0.05) is 29.4 Å². The van der Waals surface area contributed by atoms with E-state index in [1.165, 1.54) is 7.11 Å². The van der Waals surface area contributed by atoms with Crippen LogP contribution in [-0.4, -0.2) is 36.9 Å². The molecule has 1 aliphatic heterocycles. The molecule has 1 atom stereocenters. The van der Waals surface area contributed by atoms with Crippen molar-refractivity contribution in [3.05, 3.63) is 53.1 Å². The number of methoxy groups -OCH3 is 1. The Bertz CT molecular complexity index is 839. The number of nitrogens with two attached hydrogens (primary N) is 1. The van der Waals surface area contributed by atoms with Crippen molar-refractivity contribution >= 4 is 34.8 Å². The fraction of sp³-hybridized carbons (Fsp3) is 0.300. The molecule has 7 heteroatoms. The van der Waals surface area contributed by atoms with Gasteiger partial charge in [-0.3, -0.25) is 9.59 Å². The van der Waals surface area contributed by atoms with Crippen molar-refractivity contribution in [3.8, 4) is 5.75 Å². The predicted octanol–water partition coefficient (Wildman–Crippen LogP) is 3.42. The lowest BCUT2D eigenvalue weighted by Crippen LogP contribution is -2.43. The SMILES string of the molecule is COc1ccc(NC(=O)C2CCCN(C(=O)c3ccc(Cl)cc3)C2)cc1N. The fourth-order valence-corrected chi connectivity index (χ4v) is 3.33. The van der Waals surface area contributed by atoms with Gasteiger partial charge in [0.2, 0.25) is 5.91 Å². The van der Waals surface area contributed by atoms with E-state index in [2.05, 4.69) is 5.32 Å². The van der Waals surface area contributed by atoms with Crippen molar-refractivity contribution in [3.63, 3.8) is 0 Å². The molecule has 0 aromatic heterocycles.